The van der Waals surface area contributed by atoms with Crippen molar-refractivity contribution in [2.24, 2.45) is 0 Å². The van der Waals surface area contributed by atoms with E-state index in [1.165, 1.54) is 103 Å². The molecule has 0 atom stereocenters. The molecule has 2 heterocycles. The summed E-state index contributed by atoms with van der Waals surface area (Å²) in [7, 11) is 0. The van der Waals surface area contributed by atoms with Gasteiger partial charge in [-0.1, -0.05) is 141 Å². The molecule has 0 aliphatic heterocycles. The molecule has 0 radical (unpaired) electrons. The first-order chi connectivity index (χ1) is 26.0. The van der Waals surface area contributed by atoms with Gasteiger partial charge in [-0.05, 0) is 98.6 Å². The first-order valence-electron chi connectivity index (χ1n) is 18.4. The van der Waals surface area contributed by atoms with E-state index in [1.807, 2.05) is 11.3 Å². The Labute approximate surface area is 313 Å². The lowest BCUT2D eigenvalue weighted by molar-refractivity contribution is 0.660. The molecule has 2 aromatic heterocycles. The molecule has 250 valence electrons. The number of thiophene rings is 1. The fourth-order valence-corrected chi connectivity index (χ4v) is 10.2. The molecule has 0 amide bonds. The molecule has 8 aromatic carbocycles. The fraction of sp³-hybridized carbons (Fsp3) is 0.0588. The van der Waals surface area contributed by atoms with E-state index >= 15 is 0 Å². The number of hydrogen-bond acceptors (Lipinski definition) is 1. The Morgan fingerprint density at radius 1 is 0.415 bits per heavy atom. The third kappa shape index (κ3) is 4.49. The van der Waals surface area contributed by atoms with Crippen LogP contribution < -0.4 is 0 Å². The second-order valence-corrected chi connectivity index (χ2v) is 16.0. The molecule has 1 nitrogen and oxygen atoms in total. The summed E-state index contributed by atoms with van der Waals surface area (Å²) in [5.41, 5.74) is 16.6. The molecule has 0 saturated carbocycles. The van der Waals surface area contributed by atoms with Crippen LogP contribution in [0.3, 0.4) is 0 Å². The zero-order valence-corrected chi connectivity index (χ0v) is 30.4. The van der Waals surface area contributed by atoms with Crippen LogP contribution in [-0.2, 0) is 5.41 Å². The largest absolute Gasteiger partial charge is 0.309 e. The van der Waals surface area contributed by atoms with E-state index in [1.54, 1.807) is 0 Å². The summed E-state index contributed by atoms with van der Waals surface area (Å²) in [6.45, 7) is 4.73. The van der Waals surface area contributed by atoms with Gasteiger partial charge in [0.05, 0.1) is 11.0 Å². The van der Waals surface area contributed by atoms with E-state index in [9.17, 15) is 0 Å². The minimum absolute atomic E-state index is 0.0541. The Kier molecular flexibility index (Phi) is 6.53. The summed E-state index contributed by atoms with van der Waals surface area (Å²) in [5.74, 6) is 0. The normalized spacial score (nSPS) is 13.2. The number of hydrogen-bond donors (Lipinski definition) is 0. The highest BCUT2D eigenvalue weighted by atomic mass is 32.1. The molecule has 0 unspecified atom stereocenters. The van der Waals surface area contributed by atoms with Crippen LogP contribution in [0.25, 0.3) is 92.2 Å². The Bertz CT molecular complexity index is 3060. The molecule has 53 heavy (non-hydrogen) atoms. The van der Waals surface area contributed by atoms with Crippen LogP contribution in [0.4, 0.5) is 0 Å². The van der Waals surface area contributed by atoms with Crippen molar-refractivity contribution in [3.8, 4) is 50.2 Å². The predicted molar refractivity (Wildman–Crippen MR) is 228 cm³/mol. The van der Waals surface area contributed by atoms with Crippen molar-refractivity contribution < 1.29 is 0 Å². The zero-order chi connectivity index (χ0) is 35.3. The third-order valence-electron chi connectivity index (χ3n) is 11.6. The number of fused-ring (bicyclic) bond motifs is 10. The predicted octanol–water partition coefficient (Wildman–Crippen LogP) is 14.5. The maximum Gasteiger partial charge on any atom is 0.0554 e. The van der Waals surface area contributed by atoms with E-state index in [4.69, 9.17) is 0 Å². The van der Waals surface area contributed by atoms with Crippen molar-refractivity contribution in [3.05, 3.63) is 187 Å². The van der Waals surface area contributed by atoms with Crippen LogP contribution in [0.2, 0.25) is 0 Å². The second-order valence-electron chi connectivity index (χ2n) is 14.9. The third-order valence-corrected chi connectivity index (χ3v) is 12.8. The highest BCUT2D eigenvalue weighted by Crippen LogP contribution is 2.51. The molecular weight excluding hydrogens is 659 g/mol. The Morgan fingerprint density at radius 3 is 1.81 bits per heavy atom. The van der Waals surface area contributed by atoms with Gasteiger partial charge in [-0.25, -0.2) is 0 Å². The SMILES string of the molecule is CC1(C)c2ccccc2-c2ccc(-c3ccc4c(c3)c3c5c(sc6ccc(-c7ccccc7)cc65)c(-c5ccccc5)cc3n4-c3ccccc3)cc21. The summed E-state index contributed by atoms with van der Waals surface area (Å²) in [6, 6.07) is 65.2. The van der Waals surface area contributed by atoms with Crippen molar-refractivity contribution in [1.82, 2.24) is 4.57 Å². The van der Waals surface area contributed by atoms with Gasteiger partial charge in [-0.2, -0.15) is 0 Å². The van der Waals surface area contributed by atoms with Crippen LogP contribution in [0.1, 0.15) is 25.0 Å². The molecule has 0 bridgehead atoms. The molecule has 0 saturated heterocycles. The van der Waals surface area contributed by atoms with E-state index in [0.717, 1.165) is 0 Å². The molecule has 1 aliphatic carbocycles. The maximum absolute atomic E-state index is 2.48. The Balaban J connectivity index is 1.25. The highest BCUT2D eigenvalue weighted by Gasteiger charge is 2.35. The Hall–Kier alpha value is -6.22. The minimum atomic E-state index is -0.0541. The van der Waals surface area contributed by atoms with Crippen molar-refractivity contribution >= 4 is 53.3 Å². The van der Waals surface area contributed by atoms with Gasteiger partial charge < -0.3 is 4.57 Å². The monoisotopic (exact) mass is 693 g/mol. The minimum Gasteiger partial charge on any atom is -0.309 e. The van der Waals surface area contributed by atoms with Crippen LogP contribution in [0, 0.1) is 0 Å². The summed E-state index contributed by atoms with van der Waals surface area (Å²) in [6.07, 6.45) is 0. The summed E-state index contributed by atoms with van der Waals surface area (Å²) in [4.78, 5) is 0. The lowest BCUT2D eigenvalue weighted by Gasteiger charge is -2.22. The van der Waals surface area contributed by atoms with Gasteiger partial charge in [0.1, 0.15) is 0 Å². The summed E-state index contributed by atoms with van der Waals surface area (Å²) < 4.78 is 5.12. The molecule has 10 aromatic rings. The quantitative estimate of drug-likeness (QED) is 0.173. The molecule has 11 rings (SSSR count). The van der Waals surface area contributed by atoms with Crippen molar-refractivity contribution in [2.45, 2.75) is 19.3 Å². The van der Waals surface area contributed by atoms with Gasteiger partial charge in [0, 0.05) is 47.6 Å². The van der Waals surface area contributed by atoms with E-state index in [-0.39, 0.29) is 5.41 Å². The van der Waals surface area contributed by atoms with Gasteiger partial charge >= 0.3 is 0 Å². The van der Waals surface area contributed by atoms with Gasteiger partial charge in [-0.3, -0.25) is 0 Å². The maximum atomic E-state index is 2.48. The van der Waals surface area contributed by atoms with E-state index in [0.29, 0.717) is 0 Å². The van der Waals surface area contributed by atoms with E-state index in [2.05, 4.69) is 194 Å². The van der Waals surface area contributed by atoms with Crippen LogP contribution in [-0.4, -0.2) is 4.57 Å². The standard InChI is InChI=1S/C51H35NS/c1-51(2)43-21-13-12-20-38(43)39-25-22-36(30-44(39)51)35-23-26-45-41(28-35)48-46(52(45)37-18-10-5-11-19-37)31-40(33-16-8-4-9-17-33)50-49(48)42-29-34(24-27-47(42)53-50)32-14-6-3-7-15-32/h3-31H,1-2H3. The fourth-order valence-electron chi connectivity index (χ4n) is 9.01. The average Bonchev–Trinajstić information content (AvgIpc) is 3.83. The van der Waals surface area contributed by atoms with Crippen molar-refractivity contribution in [3.63, 3.8) is 0 Å². The van der Waals surface area contributed by atoms with Crippen LogP contribution in [0.15, 0.2) is 176 Å². The molecule has 0 fully saturated rings. The molecule has 0 N–H and O–H groups in total. The van der Waals surface area contributed by atoms with Gasteiger partial charge in [0.2, 0.25) is 0 Å². The van der Waals surface area contributed by atoms with Crippen LogP contribution >= 0.6 is 11.3 Å². The van der Waals surface area contributed by atoms with Gasteiger partial charge in [-0.15, -0.1) is 11.3 Å². The van der Waals surface area contributed by atoms with Crippen LogP contribution in [0.5, 0.6) is 0 Å². The van der Waals surface area contributed by atoms with Gasteiger partial charge in [0.25, 0.3) is 0 Å². The number of para-hydroxylation sites is 1. The first kappa shape index (κ1) is 30.4. The lowest BCUT2D eigenvalue weighted by Crippen LogP contribution is -2.14. The number of benzene rings is 8. The van der Waals surface area contributed by atoms with Crippen molar-refractivity contribution in [2.75, 3.05) is 0 Å². The number of rotatable bonds is 4. The topological polar surface area (TPSA) is 4.93 Å². The van der Waals surface area contributed by atoms with E-state index < -0.39 is 0 Å². The highest BCUT2D eigenvalue weighted by molar-refractivity contribution is 7.26. The molecular formula is C51H35NS. The smallest absolute Gasteiger partial charge is 0.0554 e. The lowest BCUT2D eigenvalue weighted by atomic mass is 9.81. The summed E-state index contributed by atoms with van der Waals surface area (Å²) >= 11 is 1.91. The molecule has 1 aliphatic rings. The van der Waals surface area contributed by atoms with Gasteiger partial charge in [0.15, 0.2) is 0 Å². The second kappa shape index (κ2) is 11.4. The number of aromatic nitrogens is 1. The summed E-state index contributed by atoms with van der Waals surface area (Å²) in [5, 5.41) is 5.23. The molecule has 0 spiro atoms. The first-order valence-corrected chi connectivity index (χ1v) is 19.2. The van der Waals surface area contributed by atoms with Crippen molar-refractivity contribution in [1.29, 1.82) is 0 Å². The Morgan fingerprint density at radius 2 is 1.02 bits per heavy atom. The average molecular weight is 694 g/mol. The zero-order valence-electron chi connectivity index (χ0n) is 29.6. The number of nitrogens with zero attached hydrogens (tertiary/aromatic N) is 1. The molecule has 2 heteroatoms.